The number of aromatic nitrogens is 2. The highest BCUT2D eigenvalue weighted by Gasteiger charge is 2.08. The van der Waals surface area contributed by atoms with Gasteiger partial charge >= 0.3 is 0 Å². The molecule has 6 heteroatoms. The van der Waals surface area contributed by atoms with Crippen molar-refractivity contribution in [2.24, 2.45) is 5.10 Å². The second-order valence-electron chi connectivity index (χ2n) is 5.11. The van der Waals surface area contributed by atoms with Crippen LogP contribution in [-0.4, -0.2) is 30.1 Å². The van der Waals surface area contributed by atoms with E-state index >= 15 is 0 Å². The van der Waals surface area contributed by atoms with Gasteiger partial charge in [-0.15, -0.1) is 0 Å². The largest absolute Gasteiger partial charge is 0.496 e. The highest BCUT2D eigenvalue weighted by Crippen LogP contribution is 2.31. The maximum Gasteiger partial charge on any atom is 0.221 e. The molecule has 0 aliphatic carbocycles. The molecule has 0 unspecified atom stereocenters. The zero-order valence-electron chi connectivity index (χ0n) is 13.3. The highest BCUT2D eigenvalue weighted by atomic mass is 16.5. The lowest BCUT2D eigenvalue weighted by Crippen LogP contribution is -1.98. The highest BCUT2D eigenvalue weighted by molar-refractivity contribution is 5.96. The molecule has 0 amide bonds. The number of imidazole rings is 1. The SMILES string of the molecule is COc1cc2c(OC)cccc2cc1C=Nn1cc(C)nc1N. The van der Waals surface area contributed by atoms with Crippen molar-refractivity contribution >= 4 is 22.9 Å². The standard InChI is InChI=1S/C17H18N4O2/c1-11-10-21(17(18)20-11)19-9-13-7-12-5-4-6-15(22-2)14(12)8-16(13)23-3/h4-10H,1-3H3,(H2,18,20). The van der Waals surface area contributed by atoms with Gasteiger partial charge in [-0.1, -0.05) is 12.1 Å². The molecule has 0 fully saturated rings. The van der Waals surface area contributed by atoms with Crippen molar-refractivity contribution in [1.29, 1.82) is 0 Å². The van der Waals surface area contributed by atoms with Crippen molar-refractivity contribution in [3.63, 3.8) is 0 Å². The van der Waals surface area contributed by atoms with Gasteiger partial charge in [0.05, 0.1) is 32.3 Å². The number of nitrogens with zero attached hydrogens (tertiary/aromatic N) is 3. The monoisotopic (exact) mass is 310 g/mol. The van der Waals surface area contributed by atoms with E-state index in [1.54, 1.807) is 26.6 Å². The second-order valence-corrected chi connectivity index (χ2v) is 5.11. The van der Waals surface area contributed by atoms with E-state index in [2.05, 4.69) is 10.1 Å². The van der Waals surface area contributed by atoms with Crippen LogP contribution >= 0.6 is 0 Å². The average molecular weight is 310 g/mol. The Labute approximate surface area is 134 Å². The predicted molar refractivity (Wildman–Crippen MR) is 91.4 cm³/mol. The molecule has 6 nitrogen and oxygen atoms in total. The van der Waals surface area contributed by atoms with Gasteiger partial charge in [0.25, 0.3) is 0 Å². The third-order valence-corrected chi connectivity index (χ3v) is 3.57. The first-order valence-corrected chi connectivity index (χ1v) is 7.13. The van der Waals surface area contributed by atoms with Gasteiger partial charge < -0.3 is 15.2 Å². The fraction of sp³-hybridized carbons (Fsp3) is 0.176. The van der Waals surface area contributed by atoms with Crippen LogP contribution in [0.5, 0.6) is 11.5 Å². The van der Waals surface area contributed by atoms with Crippen molar-refractivity contribution in [2.45, 2.75) is 6.92 Å². The molecule has 0 saturated heterocycles. The van der Waals surface area contributed by atoms with Gasteiger partial charge in [-0.3, -0.25) is 0 Å². The van der Waals surface area contributed by atoms with Gasteiger partial charge in [-0.2, -0.15) is 5.10 Å². The van der Waals surface area contributed by atoms with Crippen LogP contribution in [0.25, 0.3) is 10.8 Å². The lowest BCUT2D eigenvalue weighted by molar-refractivity contribution is 0.411. The maximum absolute atomic E-state index is 5.79. The Hall–Kier alpha value is -3.02. The van der Waals surface area contributed by atoms with Crippen molar-refractivity contribution in [1.82, 2.24) is 9.66 Å². The van der Waals surface area contributed by atoms with Crippen LogP contribution in [-0.2, 0) is 0 Å². The summed E-state index contributed by atoms with van der Waals surface area (Å²) in [6.07, 6.45) is 3.47. The van der Waals surface area contributed by atoms with Crippen molar-refractivity contribution in [2.75, 3.05) is 20.0 Å². The minimum absolute atomic E-state index is 0.347. The van der Waals surface area contributed by atoms with E-state index in [1.165, 1.54) is 4.68 Å². The first kappa shape index (κ1) is 14.9. The summed E-state index contributed by atoms with van der Waals surface area (Å²) in [6.45, 7) is 1.87. The Balaban J connectivity index is 2.08. The van der Waals surface area contributed by atoms with E-state index < -0.39 is 0 Å². The molecule has 2 N–H and O–H groups in total. The van der Waals surface area contributed by atoms with Crippen LogP contribution in [0, 0.1) is 6.92 Å². The normalized spacial score (nSPS) is 11.3. The second kappa shape index (κ2) is 6.00. The number of aryl methyl sites for hydroxylation is 1. The molecule has 2 aromatic carbocycles. The fourth-order valence-corrected chi connectivity index (χ4v) is 2.47. The molecule has 0 aliphatic heterocycles. The van der Waals surface area contributed by atoms with E-state index in [-0.39, 0.29) is 0 Å². The number of ether oxygens (including phenoxy) is 2. The van der Waals surface area contributed by atoms with Crippen molar-refractivity contribution in [3.05, 3.63) is 47.8 Å². The molecule has 0 atom stereocenters. The lowest BCUT2D eigenvalue weighted by Gasteiger charge is -2.10. The summed E-state index contributed by atoms with van der Waals surface area (Å²) in [4.78, 5) is 4.12. The molecular weight excluding hydrogens is 292 g/mol. The number of methoxy groups -OCH3 is 2. The van der Waals surface area contributed by atoms with Crippen LogP contribution in [0.15, 0.2) is 41.6 Å². The van der Waals surface area contributed by atoms with Crippen LogP contribution < -0.4 is 15.2 Å². The van der Waals surface area contributed by atoms with Gasteiger partial charge in [0.1, 0.15) is 11.5 Å². The number of nitrogens with two attached hydrogens (primary N) is 1. The van der Waals surface area contributed by atoms with E-state index in [0.29, 0.717) is 11.7 Å². The molecule has 1 aromatic heterocycles. The molecule has 0 saturated carbocycles. The summed E-state index contributed by atoms with van der Waals surface area (Å²) < 4.78 is 12.4. The van der Waals surface area contributed by atoms with Gasteiger partial charge in [-0.25, -0.2) is 9.66 Å². The molecular formula is C17H18N4O2. The third-order valence-electron chi connectivity index (χ3n) is 3.57. The molecule has 1 heterocycles. The average Bonchev–Trinajstić information content (AvgIpc) is 2.88. The number of hydrogen-bond acceptors (Lipinski definition) is 5. The summed E-state index contributed by atoms with van der Waals surface area (Å²) >= 11 is 0. The van der Waals surface area contributed by atoms with Crippen LogP contribution in [0.1, 0.15) is 11.3 Å². The predicted octanol–water partition coefficient (Wildman–Crippen LogP) is 2.83. The molecule has 0 aliphatic rings. The minimum Gasteiger partial charge on any atom is -0.496 e. The van der Waals surface area contributed by atoms with Gasteiger partial charge in [0.2, 0.25) is 5.95 Å². The minimum atomic E-state index is 0.347. The molecule has 3 aromatic rings. The van der Waals surface area contributed by atoms with Gasteiger partial charge in [0, 0.05) is 10.9 Å². The Morgan fingerprint density at radius 3 is 2.61 bits per heavy atom. The number of anilines is 1. The first-order valence-electron chi connectivity index (χ1n) is 7.13. The van der Waals surface area contributed by atoms with Crippen molar-refractivity contribution in [3.8, 4) is 11.5 Å². The number of fused-ring (bicyclic) bond motifs is 1. The maximum atomic E-state index is 5.79. The van der Waals surface area contributed by atoms with E-state index in [4.69, 9.17) is 15.2 Å². The summed E-state index contributed by atoms with van der Waals surface area (Å²) in [5.41, 5.74) is 7.46. The van der Waals surface area contributed by atoms with Crippen LogP contribution in [0.4, 0.5) is 5.95 Å². The quantitative estimate of drug-likeness (QED) is 0.752. The summed E-state index contributed by atoms with van der Waals surface area (Å²) in [5.74, 6) is 1.86. The molecule has 3 rings (SSSR count). The van der Waals surface area contributed by atoms with E-state index in [1.807, 2.05) is 37.3 Å². The van der Waals surface area contributed by atoms with Crippen molar-refractivity contribution < 1.29 is 9.47 Å². The lowest BCUT2D eigenvalue weighted by atomic mass is 10.1. The fourth-order valence-electron chi connectivity index (χ4n) is 2.47. The Morgan fingerprint density at radius 2 is 1.96 bits per heavy atom. The Kier molecular flexibility index (Phi) is 3.89. The van der Waals surface area contributed by atoms with E-state index in [0.717, 1.165) is 27.8 Å². The number of hydrogen-bond donors (Lipinski definition) is 1. The number of benzene rings is 2. The Morgan fingerprint density at radius 1 is 1.17 bits per heavy atom. The Bertz CT molecular complexity index is 884. The molecule has 0 bridgehead atoms. The third kappa shape index (κ3) is 2.83. The summed E-state index contributed by atoms with van der Waals surface area (Å²) in [7, 11) is 3.28. The van der Waals surface area contributed by atoms with Crippen LogP contribution in [0.2, 0.25) is 0 Å². The van der Waals surface area contributed by atoms with Gasteiger partial charge in [-0.05, 0) is 30.5 Å². The molecule has 118 valence electrons. The summed E-state index contributed by atoms with van der Waals surface area (Å²) in [5, 5.41) is 6.38. The van der Waals surface area contributed by atoms with E-state index in [9.17, 15) is 0 Å². The summed E-state index contributed by atoms with van der Waals surface area (Å²) in [6, 6.07) is 9.83. The smallest absolute Gasteiger partial charge is 0.221 e. The number of nitrogen functional groups attached to an aromatic ring is 1. The van der Waals surface area contributed by atoms with Crippen LogP contribution in [0.3, 0.4) is 0 Å². The zero-order chi connectivity index (χ0) is 16.4. The molecule has 23 heavy (non-hydrogen) atoms. The zero-order valence-corrected chi connectivity index (χ0v) is 13.3. The van der Waals surface area contributed by atoms with Gasteiger partial charge in [0.15, 0.2) is 0 Å². The number of rotatable bonds is 4. The molecule has 0 spiro atoms. The topological polar surface area (TPSA) is 74.7 Å². The molecule has 0 radical (unpaired) electrons. The first-order chi connectivity index (χ1) is 11.1.